The van der Waals surface area contributed by atoms with E-state index in [4.69, 9.17) is 9.47 Å². The van der Waals surface area contributed by atoms with Crippen LogP contribution in [0, 0.1) is 0 Å². The molecule has 0 atom stereocenters. The lowest BCUT2D eigenvalue weighted by atomic mass is 10.0. The average molecular weight is 346 g/mol. The molecule has 0 aliphatic carbocycles. The summed E-state index contributed by atoms with van der Waals surface area (Å²) in [5, 5.41) is 2.03. The highest BCUT2D eigenvalue weighted by molar-refractivity contribution is 6.01. The minimum Gasteiger partial charge on any atom is -0.497 e. The first-order valence-corrected chi connectivity index (χ1v) is 8.16. The molecule has 4 heteroatoms. The number of rotatable bonds is 6. The molecule has 26 heavy (non-hydrogen) atoms. The van der Waals surface area contributed by atoms with E-state index in [9.17, 15) is 9.59 Å². The molecule has 0 saturated heterocycles. The molecular weight excluding hydrogens is 328 g/mol. The van der Waals surface area contributed by atoms with Crippen LogP contribution in [-0.2, 0) is 9.53 Å². The number of fused-ring (bicyclic) bond motifs is 1. The van der Waals surface area contributed by atoms with E-state index in [1.807, 2.05) is 42.5 Å². The molecule has 0 heterocycles. The highest BCUT2D eigenvalue weighted by atomic mass is 16.5. The number of ether oxygens (including phenoxy) is 2. The van der Waals surface area contributed by atoms with Crippen molar-refractivity contribution in [1.29, 1.82) is 0 Å². The lowest BCUT2D eigenvalue weighted by Gasteiger charge is -2.04. The lowest BCUT2D eigenvalue weighted by molar-refractivity contribution is -0.136. The molecule has 3 rings (SSSR count). The number of hydrogen-bond acceptors (Lipinski definition) is 4. The Balaban J connectivity index is 1.57. The second-order valence-electron chi connectivity index (χ2n) is 5.70. The standard InChI is InChI=1S/C22H18O4/c1-25-20-11-6-16(7-12-20)8-13-22(24)26-15-21(23)19-10-9-17-4-2-3-5-18(17)14-19/h2-14H,15H2,1H3/b13-8+. The molecule has 4 nitrogen and oxygen atoms in total. The van der Waals surface area contributed by atoms with E-state index in [-0.39, 0.29) is 12.4 Å². The third-order valence-electron chi connectivity index (χ3n) is 3.94. The van der Waals surface area contributed by atoms with E-state index in [2.05, 4.69) is 0 Å². The topological polar surface area (TPSA) is 52.6 Å². The summed E-state index contributed by atoms with van der Waals surface area (Å²) in [6.07, 6.45) is 2.93. The number of methoxy groups -OCH3 is 1. The first-order chi connectivity index (χ1) is 12.7. The Hall–Kier alpha value is -3.40. The van der Waals surface area contributed by atoms with Crippen LogP contribution >= 0.6 is 0 Å². The van der Waals surface area contributed by atoms with Crippen LogP contribution in [0.4, 0.5) is 0 Å². The van der Waals surface area contributed by atoms with Crippen LogP contribution in [0.5, 0.6) is 5.75 Å². The zero-order valence-electron chi connectivity index (χ0n) is 14.3. The summed E-state index contributed by atoms with van der Waals surface area (Å²) in [7, 11) is 1.59. The first kappa shape index (κ1) is 17.4. The summed E-state index contributed by atoms with van der Waals surface area (Å²) >= 11 is 0. The van der Waals surface area contributed by atoms with Crippen LogP contribution in [0.25, 0.3) is 16.8 Å². The number of hydrogen-bond donors (Lipinski definition) is 0. The van der Waals surface area contributed by atoms with E-state index in [0.29, 0.717) is 5.56 Å². The minimum atomic E-state index is -0.560. The van der Waals surface area contributed by atoms with Crippen molar-refractivity contribution in [2.75, 3.05) is 13.7 Å². The predicted molar refractivity (Wildman–Crippen MR) is 101 cm³/mol. The summed E-state index contributed by atoms with van der Waals surface area (Å²) in [4.78, 5) is 24.0. The molecule has 0 fully saturated rings. The van der Waals surface area contributed by atoms with Crippen LogP contribution < -0.4 is 4.74 Å². The van der Waals surface area contributed by atoms with Gasteiger partial charge in [0, 0.05) is 11.6 Å². The minimum absolute atomic E-state index is 0.234. The number of carbonyl (C=O) groups excluding carboxylic acids is 2. The Morgan fingerprint density at radius 1 is 0.923 bits per heavy atom. The molecule has 0 N–H and O–H groups in total. The van der Waals surface area contributed by atoms with Gasteiger partial charge in [0.25, 0.3) is 0 Å². The lowest BCUT2D eigenvalue weighted by Crippen LogP contribution is -2.12. The van der Waals surface area contributed by atoms with Crippen LogP contribution in [0.1, 0.15) is 15.9 Å². The number of esters is 1. The first-order valence-electron chi connectivity index (χ1n) is 8.16. The zero-order chi connectivity index (χ0) is 18.4. The highest BCUT2D eigenvalue weighted by Crippen LogP contribution is 2.16. The molecular formula is C22H18O4. The second kappa shape index (κ2) is 8.12. The van der Waals surface area contributed by atoms with Crippen LogP contribution in [0.15, 0.2) is 72.8 Å². The van der Waals surface area contributed by atoms with E-state index in [1.54, 1.807) is 37.5 Å². The van der Waals surface area contributed by atoms with Gasteiger partial charge in [-0.05, 0) is 40.6 Å². The van der Waals surface area contributed by atoms with Crippen molar-refractivity contribution < 1.29 is 19.1 Å². The van der Waals surface area contributed by atoms with Gasteiger partial charge in [-0.2, -0.15) is 0 Å². The summed E-state index contributed by atoms with van der Waals surface area (Å²) in [6, 6.07) is 20.5. The maximum Gasteiger partial charge on any atom is 0.331 e. The van der Waals surface area contributed by atoms with Crippen molar-refractivity contribution in [2.24, 2.45) is 0 Å². The normalized spacial score (nSPS) is 10.8. The fourth-order valence-electron chi connectivity index (χ4n) is 2.51. The van der Waals surface area contributed by atoms with Gasteiger partial charge in [0.05, 0.1) is 7.11 Å². The molecule has 3 aromatic carbocycles. The fraction of sp³-hybridized carbons (Fsp3) is 0.0909. The van der Waals surface area contributed by atoms with Crippen molar-refractivity contribution in [3.8, 4) is 5.75 Å². The van der Waals surface area contributed by atoms with Gasteiger partial charge < -0.3 is 9.47 Å². The Morgan fingerprint density at radius 2 is 1.65 bits per heavy atom. The van der Waals surface area contributed by atoms with E-state index >= 15 is 0 Å². The van der Waals surface area contributed by atoms with E-state index in [0.717, 1.165) is 22.1 Å². The maximum absolute atomic E-state index is 12.2. The van der Waals surface area contributed by atoms with Gasteiger partial charge in [-0.3, -0.25) is 4.79 Å². The van der Waals surface area contributed by atoms with Crippen molar-refractivity contribution in [1.82, 2.24) is 0 Å². The molecule has 0 aliphatic rings. The zero-order valence-corrected chi connectivity index (χ0v) is 14.3. The van der Waals surface area contributed by atoms with Gasteiger partial charge in [-0.1, -0.05) is 48.5 Å². The number of benzene rings is 3. The SMILES string of the molecule is COc1ccc(/C=C/C(=O)OCC(=O)c2ccc3ccccc3c2)cc1. The van der Waals surface area contributed by atoms with Crippen molar-refractivity contribution in [3.05, 3.63) is 83.9 Å². The van der Waals surface area contributed by atoms with Crippen LogP contribution in [0.3, 0.4) is 0 Å². The number of ketones is 1. The third kappa shape index (κ3) is 4.36. The van der Waals surface area contributed by atoms with Gasteiger partial charge in [-0.25, -0.2) is 4.79 Å². The molecule has 0 aliphatic heterocycles. The summed E-state index contributed by atoms with van der Waals surface area (Å²) in [6.45, 7) is -0.288. The summed E-state index contributed by atoms with van der Waals surface area (Å²) in [5.74, 6) is -0.0531. The van der Waals surface area contributed by atoms with Crippen LogP contribution in [0.2, 0.25) is 0 Å². The third-order valence-corrected chi connectivity index (χ3v) is 3.94. The Bertz CT molecular complexity index is 955. The van der Waals surface area contributed by atoms with Gasteiger partial charge >= 0.3 is 5.97 Å². The molecule has 0 radical (unpaired) electrons. The molecule has 0 spiro atoms. The molecule has 0 amide bonds. The largest absolute Gasteiger partial charge is 0.497 e. The monoisotopic (exact) mass is 346 g/mol. The van der Waals surface area contributed by atoms with E-state index < -0.39 is 5.97 Å². The van der Waals surface area contributed by atoms with Crippen LogP contribution in [-0.4, -0.2) is 25.5 Å². The molecule has 130 valence electrons. The molecule has 0 unspecified atom stereocenters. The fourth-order valence-corrected chi connectivity index (χ4v) is 2.51. The Morgan fingerprint density at radius 3 is 2.38 bits per heavy atom. The molecule has 0 aromatic heterocycles. The van der Waals surface area contributed by atoms with Gasteiger partial charge in [0.15, 0.2) is 12.4 Å². The smallest absolute Gasteiger partial charge is 0.331 e. The second-order valence-corrected chi connectivity index (χ2v) is 5.70. The molecule has 0 bridgehead atoms. The summed E-state index contributed by atoms with van der Waals surface area (Å²) in [5.41, 5.74) is 1.36. The van der Waals surface area contributed by atoms with Gasteiger partial charge in [0.2, 0.25) is 0 Å². The average Bonchev–Trinajstić information content (AvgIpc) is 2.70. The Kier molecular flexibility index (Phi) is 5.44. The van der Waals surface area contributed by atoms with Crippen molar-refractivity contribution >= 4 is 28.6 Å². The highest BCUT2D eigenvalue weighted by Gasteiger charge is 2.09. The van der Waals surface area contributed by atoms with Gasteiger partial charge in [0.1, 0.15) is 5.75 Å². The molecule has 3 aromatic rings. The van der Waals surface area contributed by atoms with Gasteiger partial charge in [-0.15, -0.1) is 0 Å². The van der Waals surface area contributed by atoms with E-state index in [1.165, 1.54) is 6.08 Å². The quantitative estimate of drug-likeness (QED) is 0.380. The van der Waals surface area contributed by atoms with Crippen molar-refractivity contribution in [2.45, 2.75) is 0 Å². The Labute approximate surface area is 151 Å². The predicted octanol–water partition coefficient (Wildman–Crippen LogP) is 4.29. The van der Waals surface area contributed by atoms with Crippen molar-refractivity contribution in [3.63, 3.8) is 0 Å². The number of carbonyl (C=O) groups is 2. The maximum atomic E-state index is 12.2. The summed E-state index contributed by atoms with van der Waals surface area (Å²) < 4.78 is 10.1. The molecule has 0 saturated carbocycles. The number of Topliss-reactive ketones (excluding diaryl/α,β-unsaturated/α-hetero) is 1.